The van der Waals surface area contributed by atoms with E-state index >= 15 is 0 Å². The monoisotopic (exact) mass is 380 g/mol. The lowest BCUT2D eigenvalue weighted by Gasteiger charge is -2.11. The van der Waals surface area contributed by atoms with Crippen molar-refractivity contribution < 1.29 is 14.3 Å². The van der Waals surface area contributed by atoms with Crippen LogP contribution in [0.3, 0.4) is 0 Å². The summed E-state index contributed by atoms with van der Waals surface area (Å²) in [5, 5.41) is 5.69. The van der Waals surface area contributed by atoms with Gasteiger partial charge in [0, 0.05) is 11.6 Å². The number of amides is 2. The molecule has 2 N–H and O–H groups in total. The average molecular weight is 381 g/mol. The van der Waals surface area contributed by atoms with Crippen LogP contribution in [-0.4, -0.2) is 17.9 Å². The van der Waals surface area contributed by atoms with E-state index in [9.17, 15) is 9.59 Å². The Hall–Kier alpha value is -2.24. The van der Waals surface area contributed by atoms with Crippen molar-refractivity contribution in [1.82, 2.24) is 5.32 Å². The number of hydrogen-bond donors (Lipinski definition) is 2. The fraction of sp³-hybridized carbons (Fsp3) is 0.222. The Kier molecular flexibility index (Phi) is 6.67. The molecule has 132 valence electrons. The molecule has 0 aliphatic carbocycles. The molecule has 2 rings (SSSR count). The van der Waals surface area contributed by atoms with Crippen molar-refractivity contribution in [3.63, 3.8) is 0 Å². The number of halogens is 2. The minimum absolute atomic E-state index is 0.0916. The first-order valence-electron chi connectivity index (χ1n) is 7.65. The molecule has 0 spiro atoms. The standard InChI is InChI=1S/C18H18Cl2N2O3/c1-11(2)25-14-6-3-12(4-7-14)10-21-17(23)18(24)22-16-8-5-13(19)9-15(16)20/h3-9,11H,10H2,1-2H3,(H,21,23)(H,22,24). The van der Waals surface area contributed by atoms with Crippen molar-refractivity contribution in [2.24, 2.45) is 0 Å². The van der Waals surface area contributed by atoms with Crippen molar-refractivity contribution in [3.05, 3.63) is 58.1 Å². The first kappa shape index (κ1) is 19.1. The third-order valence-corrected chi connectivity index (χ3v) is 3.68. The van der Waals surface area contributed by atoms with Crippen LogP contribution < -0.4 is 15.4 Å². The maximum atomic E-state index is 11.9. The Morgan fingerprint density at radius 1 is 1.04 bits per heavy atom. The summed E-state index contributed by atoms with van der Waals surface area (Å²) >= 11 is 11.7. The van der Waals surface area contributed by atoms with Gasteiger partial charge in [-0.3, -0.25) is 9.59 Å². The highest BCUT2D eigenvalue weighted by Crippen LogP contribution is 2.25. The Labute approximate surface area is 156 Å². The fourth-order valence-electron chi connectivity index (χ4n) is 1.99. The Morgan fingerprint density at radius 2 is 1.72 bits per heavy atom. The van der Waals surface area contributed by atoms with Crippen LogP contribution in [0.2, 0.25) is 10.0 Å². The molecule has 2 aromatic carbocycles. The fourth-order valence-corrected chi connectivity index (χ4v) is 2.45. The van der Waals surface area contributed by atoms with E-state index in [2.05, 4.69) is 10.6 Å². The molecule has 0 aliphatic rings. The zero-order valence-electron chi connectivity index (χ0n) is 13.8. The van der Waals surface area contributed by atoms with E-state index in [-0.39, 0.29) is 17.7 Å². The lowest BCUT2D eigenvalue weighted by molar-refractivity contribution is -0.136. The van der Waals surface area contributed by atoms with E-state index in [1.807, 2.05) is 38.1 Å². The third-order valence-electron chi connectivity index (χ3n) is 3.13. The van der Waals surface area contributed by atoms with Crippen molar-refractivity contribution >= 4 is 40.7 Å². The molecule has 0 unspecified atom stereocenters. The molecular weight excluding hydrogens is 363 g/mol. The van der Waals surface area contributed by atoms with Gasteiger partial charge in [-0.05, 0) is 49.7 Å². The summed E-state index contributed by atoms with van der Waals surface area (Å²) in [4.78, 5) is 23.8. The highest BCUT2D eigenvalue weighted by Gasteiger charge is 2.15. The van der Waals surface area contributed by atoms with Gasteiger partial charge in [-0.2, -0.15) is 0 Å². The average Bonchev–Trinajstić information content (AvgIpc) is 2.56. The van der Waals surface area contributed by atoms with Crippen LogP contribution >= 0.6 is 23.2 Å². The summed E-state index contributed by atoms with van der Waals surface area (Å²) in [5.74, 6) is -0.808. The highest BCUT2D eigenvalue weighted by atomic mass is 35.5. The maximum Gasteiger partial charge on any atom is 0.313 e. The summed E-state index contributed by atoms with van der Waals surface area (Å²) in [7, 11) is 0. The summed E-state index contributed by atoms with van der Waals surface area (Å²) in [6.07, 6.45) is 0.0916. The number of hydrogen-bond acceptors (Lipinski definition) is 3. The van der Waals surface area contributed by atoms with Gasteiger partial charge in [0.1, 0.15) is 5.75 Å². The Morgan fingerprint density at radius 3 is 2.32 bits per heavy atom. The van der Waals surface area contributed by atoms with Gasteiger partial charge in [-0.15, -0.1) is 0 Å². The number of benzene rings is 2. The number of nitrogens with one attached hydrogen (secondary N) is 2. The number of rotatable bonds is 5. The molecule has 0 radical (unpaired) electrons. The molecule has 25 heavy (non-hydrogen) atoms. The van der Waals surface area contributed by atoms with Crippen molar-refractivity contribution in [2.75, 3.05) is 5.32 Å². The number of anilines is 1. The van der Waals surface area contributed by atoms with Gasteiger partial charge in [0.25, 0.3) is 0 Å². The topological polar surface area (TPSA) is 67.4 Å². The molecular formula is C18H18Cl2N2O3. The minimum atomic E-state index is -0.802. The first-order valence-corrected chi connectivity index (χ1v) is 8.40. The first-order chi connectivity index (χ1) is 11.8. The van der Waals surface area contributed by atoms with Crippen LogP contribution in [0.4, 0.5) is 5.69 Å². The summed E-state index contributed by atoms with van der Waals surface area (Å²) in [5.41, 5.74) is 1.17. The van der Waals surface area contributed by atoms with Crippen LogP contribution in [0.5, 0.6) is 5.75 Å². The molecule has 0 aliphatic heterocycles. The van der Waals surface area contributed by atoms with Crippen LogP contribution in [0.25, 0.3) is 0 Å². The zero-order valence-corrected chi connectivity index (χ0v) is 15.3. The summed E-state index contributed by atoms with van der Waals surface area (Å²) < 4.78 is 5.55. The van der Waals surface area contributed by atoms with Crippen molar-refractivity contribution in [3.8, 4) is 5.75 Å². The van der Waals surface area contributed by atoms with Gasteiger partial charge < -0.3 is 15.4 Å². The normalized spacial score (nSPS) is 10.4. The molecule has 0 bridgehead atoms. The molecule has 0 atom stereocenters. The lowest BCUT2D eigenvalue weighted by Crippen LogP contribution is -2.35. The summed E-state index contributed by atoms with van der Waals surface area (Å²) in [6.45, 7) is 4.11. The highest BCUT2D eigenvalue weighted by molar-refractivity contribution is 6.42. The SMILES string of the molecule is CC(C)Oc1ccc(CNC(=O)C(=O)Nc2ccc(Cl)cc2Cl)cc1. The minimum Gasteiger partial charge on any atom is -0.491 e. The largest absolute Gasteiger partial charge is 0.491 e. The summed E-state index contributed by atoms with van der Waals surface area (Å²) in [6, 6.07) is 11.9. The number of carbonyl (C=O) groups is 2. The second-order valence-electron chi connectivity index (χ2n) is 5.57. The van der Waals surface area contributed by atoms with E-state index in [0.29, 0.717) is 10.7 Å². The molecule has 0 aromatic heterocycles. The second-order valence-corrected chi connectivity index (χ2v) is 6.42. The molecule has 7 heteroatoms. The molecule has 0 fully saturated rings. The predicted octanol–water partition coefficient (Wildman–Crippen LogP) is 4.04. The Bertz CT molecular complexity index is 761. The molecule has 2 amide bonds. The van der Waals surface area contributed by atoms with Crippen molar-refractivity contribution in [1.29, 1.82) is 0 Å². The molecule has 5 nitrogen and oxygen atoms in total. The van der Waals surface area contributed by atoms with Crippen LogP contribution in [0.1, 0.15) is 19.4 Å². The van der Waals surface area contributed by atoms with Gasteiger partial charge in [0.05, 0.1) is 16.8 Å². The van der Waals surface area contributed by atoms with Crippen LogP contribution in [0.15, 0.2) is 42.5 Å². The number of carbonyl (C=O) groups excluding carboxylic acids is 2. The van der Waals surface area contributed by atoms with E-state index in [1.54, 1.807) is 6.07 Å². The third kappa shape index (κ3) is 5.96. The molecule has 0 heterocycles. The van der Waals surface area contributed by atoms with E-state index in [4.69, 9.17) is 27.9 Å². The number of ether oxygens (including phenoxy) is 1. The van der Waals surface area contributed by atoms with Crippen molar-refractivity contribution in [2.45, 2.75) is 26.5 Å². The van der Waals surface area contributed by atoms with Gasteiger partial charge in [-0.25, -0.2) is 0 Å². The predicted molar refractivity (Wildman–Crippen MR) is 99.1 cm³/mol. The van der Waals surface area contributed by atoms with E-state index in [1.165, 1.54) is 12.1 Å². The second kappa shape index (κ2) is 8.74. The van der Waals surface area contributed by atoms with Gasteiger partial charge in [-0.1, -0.05) is 35.3 Å². The van der Waals surface area contributed by atoms with E-state index in [0.717, 1.165) is 11.3 Å². The maximum absolute atomic E-state index is 11.9. The van der Waals surface area contributed by atoms with Gasteiger partial charge in [0.15, 0.2) is 0 Å². The van der Waals surface area contributed by atoms with Gasteiger partial charge >= 0.3 is 11.8 Å². The molecule has 0 saturated carbocycles. The van der Waals surface area contributed by atoms with Crippen LogP contribution in [-0.2, 0) is 16.1 Å². The zero-order chi connectivity index (χ0) is 18.4. The quantitative estimate of drug-likeness (QED) is 0.769. The van der Waals surface area contributed by atoms with E-state index < -0.39 is 11.8 Å². The lowest BCUT2D eigenvalue weighted by atomic mass is 10.2. The van der Waals surface area contributed by atoms with Gasteiger partial charge in [0.2, 0.25) is 0 Å². The smallest absolute Gasteiger partial charge is 0.313 e. The molecule has 0 saturated heterocycles. The molecule has 2 aromatic rings. The Balaban J connectivity index is 1.87. The van der Waals surface area contributed by atoms with Crippen LogP contribution in [0, 0.1) is 0 Å².